The molecule has 0 aliphatic carbocycles. The number of hydrogen-bond acceptors (Lipinski definition) is 3. The third-order valence-electron chi connectivity index (χ3n) is 3.54. The van der Waals surface area contributed by atoms with Crippen LogP contribution in [0.25, 0.3) is 16.7 Å². The summed E-state index contributed by atoms with van der Waals surface area (Å²) in [6.07, 6.45) is 0. The SMILES string of the molecule is COc1ccc(-n2c(=S)[nH]c3c(OC)cccc32)c(C)c1. The lowest BCUT2D eigenvalue weighted by Gasteiger charge is -2.10. The Kier molecular flexibility index (Phi) is 3.43. The fraction of sp³-hybridized carbons (Fsp3) is 0.188. The van der Waals surface area contributed by atoms with E-state index in [0.29, 0.717) is 4.77 Å². The number of aromatic amines is 1. The molecule has 2 aromatic carbocycles. The molecule has 1 heterocycles. The molecule has 0 bridgehead atoms. The summed E-state index contributed by atoms with van der Waals surface area (Å²) < 4.78 is 13.3. The van der Waals surface area contributed by atoms with Crippen LogP contribution in [0.5, 0.6) is 11.5 Å². The van der Waals surface area contributed by atoms with E-state index in [-0.39, 0.29) is 0 Å². The van der Waals surface area contributed by atoms with Crippen molar-refractivity contribution >= 4 is 23.3 Å². The maximum atomic E-state index is 5.48. The van der Waals surface area contributed by atoms with E-state index < -0.39 is 0 Å². The zero-order chi connectivity index (χ0) is 15.0. The van der Waals surface area contributed by atoms with E-state index in [2.05, 4.69) is 4.98 Å². The molecule has 21 heavy (non-hydrogen) atoms. The number of methoxy groups -OCH3 is 2. The van der Waals surface area contributed by atoms with Gasteiger partial charge in [0.1, 0.15) is 17.0 Å². The monoisotopic (exact) mass is 300 g/mol. The van der Waals surface area contributed by atoms with E-state index in [4.69, 9.17) is 21.7 Å². The average Bonchev–Trinajstić information content (AvgIpc) is 2.83. The number of imidazole rings is 1. The van der Waals surface area contributed by atoms with Crippen LogP contribution in [0.3, 0.4) is 0 Å². The molecule has 4 nitrogen and oxygen atoms in total. The molecule has 0 saturated heterocycles. The summed E-state index contributed by atoms with van der Waals surface area (Å²) in [5.74, 6) is 1.61. The molecule has 5 heteroatoms. The van der Waals surface area contributed by atoms with Gasteiger partial charge >= 0.3 is 0 Å². The Hall–Kier alpha value is -2.27. The first-order chi connectivity index (χ1) is 10.2. The summed E-state index contributed by atoms with van der Waals surface area (Å²) in [4.78, 5) is 3.22. The molecule has 0 atom stereocenters. The molecule has 0 unspecified atom stereocenters. The molecule has 0 saturated carbocycles. The normalized spacial score (nSPS) is 10.8. The van der Waals surface area contributed by atoms with Gasteiger partial charge in [0, 0.05) is 0 Å². The average molecular weight is 300 g/mol. The lowest BCUT2D eigenvalue weighted by molar-refractivity contribution is 0.414. The van der Waals surface area contributed by atoms with Crippen molar-refractivity contribution in [3.8, 4) is 17.2 Å². The van der Waals surface area contributed by atoms with Crippen molar-refractivity contribution in [2.75, 3.05) is 14.2 Å². The summed E-state index contributed by atoms with van der Waals surface area (Å²) in [6.45, 7) is 2.04. The zero-order valence-corrected chi connectivity index (χ0v) is 13.0. The molecule has 3 rings (SSSR count). The number of rotatable bonds is 3. The van der Waals surface area contributed by atoms with Crippen molar-refractivity contribution in [3.05, 3.63) is 46.7 Å². The van der Waals surface area contributed by atoms with Crippen LogP contribution < -0.4 is 9.47 Å². The van der Waals surface area contributed by atoms with Gasteiger partial charge in [0.25, 0.3) is 0 Å². The number of nitrogens with one attached hydrogen (secondary N) is 1. The lowest BCUT2D eigenvalue weighted by atomic mass is 10.2. The number of ether oxygens (including phenoxy) is 2. The van der Waals surface area contributed by atoms with E-state index in [1.54, 1.807) is 14.2 Å². The van der Waals surface area contributed by atoms with Gasteiger partial charge in [-0.2, -0.15) is 0 Å². The van der Waals surface area contributed by atoms with Crippen LogP contribution in [0.1, 0.15) is 5.56 Å². The Morgan fingerprint density at radius 1 is 1.10 bits per heavy atom. The smallest absolute Gasteiger partial charge is 0.182 e. The van der Waals surface area contributed by atoms with Gasteiger partial charge in [-0.3, -0.25) is 4.57 Å². The van der Waals surface area contributed by atoms with Gasteiger partial charge in [0.2, 0.25) is 0 Å². The Balaban J connectivity index is 2.30. The van der Waals surface area contributed by atoms with Crippen LogP contribution in [0.15, 0.2) is 36.4 Å². The molecule has 0 aliphatic heterocycles. The van der Waals surface area contributed by atoms with Crippen molar-refractivity contribution < 1.29 is 9.47 Å². The van der Waals surface area contributed by atoms with Crippen molar-refractivity contribution in [1.82, 2.24) is 9.55 Å². The van der Waals surface area contributed by atoms with Crippen LogP contribution >= 0.6 is 12.2 Å². The molecule has 0 fully saturated rings. The number of para-hydroxylation sites is 1. The first-order valence-corrected chi connectivity index (χ1v) is 6.99. The number of aryl methyl sites for hydroxylation is 1. The maximum absolute atomic E-state index is 5.48. The summed E-state index contributed by atoms with van der Waals surface area (Å²) in [6, 6.07) is 11.8. The van der Waals surface area contributed by atoms with E-state index in [0.717, 1.165) is 33.8 Å². The second-order valence-corrected chi connectivity index (χ2v) is 5.16. The number of fused-ring (bicyclic) bond motifs is 1. The number of nitrogens with zero attached hydrogens (tertiary/aromatic N) is 1. The largest absolute Gasteiger partial charge is 0.497 e. The standard InChI is InChI=1S/C16H16N2O2S/c1-10-9-11(19-2)7-8-12(10)18-13-5-4-6-14(20-3)15(13)17-16(18)21/h4-9H,1-3H3,(H,17,21). The van der Waals surface area contributed by atoms with E-state index >= 15 is 0 Å². The third-order valence-corrected chi connectivity index (χ3v) is 3.83. The number of aromatic nitrogens is 2. The molecule has 0 radical (unpaired) electrons. The van der Waals surface area contributed by atoms with E-state index in [1.807, 2.05) is 47.9 Å². The number of benzene rings is 2. The van der Waals surface area contributed by atoms with Crippen LogP contribution in [-0.4, -0.2) is 23.8 Å². The second-order valence-electron chi connectivity index (χ2n) is 4.77. The van der Waals surface area contributed by atoms with Crippen LogP contribution in [-0.2, 0) is 0 Å². The molecule has 1 N–H and O–H groups in total. The number of hydrogen-bond donors (Lipinski definition) is 1. The second kappa shape index (κ2) is 5.26. The van der Waals surface area contributed by atoms with Crippen LogP contribution in [0.2, 0.25) is 0 Å². The van der Waals surface area contributed by atoms with Crippen molar-refractivity contribution in [2.45, 2.75) is 6.92 Å². The van der Waals surface area contributed by atoms with Gasteiger partial charge in [-0.25, -0.2) is 0 Å². The predicted octanol–water partition coefficient (Wildman–Crippen LogP) is 4.01. The molecule has 108 valence electrons. The van der Waals surface area contributed by atoms with Crippen LogP contribution in [0.4, 0.5) is 0 Å². The first kappa shape index (κ1) is 13.7. The van der Waals surface area contributed by atoms with Crippen molar-refractivity contribution in [1.29, 1.82) is 0 Å². The fourth-order valence-electron chi connectivity index (χ4n) is 2.52. The fourth-order valence-corrected chi connectivity index (χ4v) is 2.82. The van der Waals surface area contributed by atoms with Gasteiger partial charge in [0.15, 0.2) is 4.77 Å². The Morgan fingerprint density at radius 2 is 1.90 bits per heavy atom. The molecular formula is C16H16N2O2S. The van der Waals surface area contributed by atoms with Crippen molar-refractivity contribution in [3.63, 3.8) is 0 Å². The zero-order valence-electron chi connectivity index (χ0n) is 12.1. The summed E-state index contributed by atoms with van der Waals surface area (Å²) in [5.41, 5.74) is 4.02. The Morgan fingerprint density at radius 3 is 2.57 bits per heavy atom. The summed E-state index contributed by atoms with van der Waals surface area (Å²) in [7, 11) is 3.32. The molecule has 0 spiro atoms. The van der Waals surface area contributed by atoms with Gasteiger partial charge in [-0.15, -0.1) is 0 Å². The summed E-state index contributed by atoms with van der Waals surface area (Å²) >= 11 is 5.48. The van der Waals surface area contributed by atoms with Gasteiger partial charge < -0.3 is 14.5 Å². The van der Waals surface area contributed by atoms with Gasteiger partial charge in [0.05, 0.1) is 25.4 Å². The van der Waals surface area contributed by atoms with E-state index in [1.165, 1.54) is 0 Å². The quantitative estimate of drug-likeness (QED) is 0.743. The maximum Gasteiger partial charge on any atom is 0.182 e. The topological polar surface area (TPSA) is 39.2 Å². The minimum absolute atomic E-state index is 0.641. The highest BCUT2D eigenvalue weighted by Crippen LogP contribution is 2.29. The molecule has 1 aromatic heterocycles. The molecule has 3 aromatic rings. The lowest BCUT2D eigenvalue weighted by Crippen LogP contribution is -1.97. The van der Waals surface area contributed by atoms with Crippen LogP contribution in [0, 0.1) is 11.7 Å². The van der Waals surface area contributed by atoms with Crippen molar-refractivity contribution in [2.24, 2.45) is 0 Å². The van der Waals surface area contributed by atoms with Gasteiger partial charge in [-0.1, -0.05) is 6.07 Å². The van der Waals surface area contributed by atoms with Gasteiger partial charge in [-0.05, 0) is 55.0 Å². The first-order valence-electron chi connectivity index (χ1n) is 6.58. The minimum atomic E-state index is 0.641. The highest BCUT2D eigenvalue weighted by molar-refractivity contribution is 7.71. The Labute approximate surface area is 127 Å². The Bertz CT molecular complexity index is 864. The minimum Gasteiger partial charge on any atom is -0.497 e. The highest BCUT2D eigenvalue weighted by atomic mass is 32.1. The summed E-state index contributed by atoms with van der Waals surface area (Å²) in [5, 5.41) is 0. The molecule has 0 amide bonds. The molecular weight excluding hydrogens is 284 g/mol. The number of H-pyrrole nitrogens is 1. The predicted molar refractivity (Wildman–Crippen MR) is 86.3 cm³/mol. The van der Waals surface area contributed by atoms with E-state index in [9.17, 15) is 0 Å². The third kappa shape index (κ3) is 2.19. The molecule has 0 aliphatic rings. The highest BCUT2D eigenvalue weighted by Gasteiger charge is 2.12.